The quantitative estimate of drug-likeness (QED) is 0.627. The van der Waals surface area contributed by atoms with E-state index in [1.165, 1.54) is 17.0 Å². The van der Waals surface area contributed by atoms with Crippen LogP contribution in [-0.2, 0) is 15.8 Å². The van der Waals surface area contributed by atoms with Crippen LogP contribution in [0.25, 0.3) is 0 Å². The molecule has 0 aromatic heterocycles. The maximum Gasteiger partial charge on any atom is 0.416 e. The molecule has 3 rings (SSSR count). The predicted octanol–water partition coefficient (Wildman–Crippen LogP) is 3.27. The van der Waals surface area contributed by atoms with Gasteiger partial charge in [-0.25, -0.2) is 0 Å². The van der Waals surface area contributed by atoms with Gasteiger partial charge in [0, 0.05) is 23.8 Å². The van der Waals surface area contributed by atoms with Crippen LogP contribution in [-0.4, -0.2) is 42.7 Å². The highest BCUT2D eigenvalue weighted by Gasteiger charge is 2.37. The number of nitrogens with zero attached hydrogens (tertiary/aromatic N) is 1. The molecule has 10 heteroatoms. The first kappa shape index (κ1) is 22.9. The summed E-state index contributed by atoms with van der Waals surface area (Å²) >= 11 is 5.85. The number of carbonyl (C=O) groups is 2. The second kappa shape index (κ2) is 9.57. The lowest BCUT2D eigenvalue weighted by atomic mass is 10.1. The van der Waals surface area contributed by atoms with Gasteiger partial charge in [-0.05, 0) is 48.9 Å². The highest BCUT2D eigenvalue weighted by atomic mass is 35.5. The summed E-state index contributed by atoms with van der Waals surface area (Å²) < 4.78 is 43.3. The van der Waals surface area contributed by atoms with Crippen molar-refractivity contribution < 1.29 is 32.6 Å². The average Bonchev–Trinajstić information content (AvgIpc) is 3.12. The standard InChI is InChI=1S/C21H20ClF3N2O4/c22-14-4-6-15(7-5-14)27-9-8-18(20(27)30)19(29)26-11-16(28)12-31-17-3-1-2-13(10-17)21(23,24)25/h1-7,10,16,18,28H,8-9,11-12H2,(H,26,29). The second-order valence-electron chi connectivity index (χ2n) is 7.04. The Balaban J connectivity index is 1.47. The first-order valence-electron chi connectivity index (χ1n) is 9.48. The molecule has 0 saturated carbocycles. The van der Waals surface area contributed by atoms with E-state index in [-0.39, 0.29) is 24.8 Å². The number of carbonyl (C=O) groups excluding carboxylic acids is 2. The number of aliphatic hydroxyl groups is 1. The summed E-state index contributed by atoms with van der Waals surface area (Å²) in [6, 6.07) is 11.0. The number of halogens is 4. The molecular weight excluding hydrogens is 437 g/mol. The summed E-state index contributed by atoms with van der Waals surface area (Å²) in [5.74, 6) is -1.81. The molecule has 0 bridgehead atoms. The first-order valence-corrected chi connectivity index (χ1v) is 9.85. The number of hydrogen-bond donors (Lipinski definition) is 2. The van der Waals surface area contributed by atoms with Crippen molar-refractivity contribution in [3.8, 4) is 5.75 Å². The van der Waals surface area contributed by atoms with E-state index in [0.717, 1.165) is 12.1 Å². The number of benzene rings is 2. The molecule has 2 aromatic rings. The van der Waals surface area contributed by atoms with Crippen molar-refractivity contribution in [2.75, 3.05) is 24.6 Å². The molecule has 2 N–H and O–H groups in total. The van der Waals surface area contributed by atoms with Crippen LogP contribution in [0.15, 0.2) is 48.5 Å². The zero-order chi connectivity index (χ0) is 22.6. The Labute approximate surface area is 181 Å². The van der Waals surface area contributed by atoms with Gasteiger partial charge in [0.25, 0.3) is 0 Å². The molecule has 0 aliphatic carbocycles. The minimum Gasteiger partial charge on any atom is -0.491 e. The van der Waals surface area contributed by atoms with Crippen molar-refractivity contribution in [1.82, 2.24) is 5.32 Å². The minimum atomic E-state index is -4.50. The van der Waals surface area contributed by atoms with Crippen molar-refractivity contribution in [3.63, 3.8) is 0 Å². The Morgan fingerprint density at radius 1 is 1.26 bits per heavy atom. The van der Waals surface area contributed by atoms with E-state index in [0.29, 0.717) is 23.7 Å². The van der Waals surface area contributed by atoms with Crippen LogP contribution in [0, 0.1) is 5.92 Å². The van der Waals surface area contributed by atoms with Gasteiger partial charge in [0.2, 0.25) is 11.8 Å². The maximum atomic E-state index is 12.7. The maximum absolute atomic E-state index is 12.7. The number of rotatable bonds is 7. The highest BCUT2D eigenvalue weighted by molar-refractivity contribution is 6.30. The number of amides is 2. The lowest BCUT2D eigenvalue weighted by Gasteiger charge is -2.18. The third kappa shape index (κ3) is 5.89. The van der Waals surface area contributed by atoms with E-state index in [2.05, 4.69) is 5.32 Å². The molecule has 1 heterocycles. The summed E-state index contributed by atoms with van der Waals surface area (Å²) in [7, 11) is 0. The zero-order valence-electron chi connectivity index (χ0n) is 16.2. The van der Waals surface area contributed by atoms with Crippen LogP contribution in [0.4, 0.5) is 18.9 Å². The third-order valence-electron chi connectivity index (χ3n) is 4.78. The molecule has 1 aliphatic heterocycles. The molecule has 2 amide bonds. The molecule has 0 radical (unpaired) electrons. The van der Waals surface area contributed by atoms with Gasteiger partial charge in [-0.1, -0.05) is 17.7 Å². The van der Waals surface area contributed by atoms with Crippen molar-refractivity contribution in [2.45, 2.75) is 18.7 Å². The topological polar surface area (TPSA) is 78.9 Å². The van der Waals surface area contributed by atoms with Crippen molar-refractivity contribution in [2.24, 2.45) is 5.92 Å². The number of hydrogen-bond acceptors (Lipinski definition) is 4. The fourth-order valence-corrected chi connectivity index (χ4v) is 3.28. The van der Waals surface area contributed by atoms with Gasteiger partial charge in [0.15, 0.2) is 0 Å². The van der Waals surface area contributed by atoms with Crippen LogP contribution in [0.3, 0.4) is 0 Å². The lowest BCUT2D eigenvalue weighted by molar-refractivity contribution is -0.138. The number of anilines is 1. The van der Waals surface area contributed by atoms with Gasteiger partial charge >= 0.3 is 6.18 Å². The van der Waals surface area contributed by atoms with E-state index in [1.807, 2.05) is 0 Å². The average molecular weight is 457 g/mol. The lowest BCUT2D eigenvalue weighted by Crippen LogP contribution is -2.41. The Kier molecular flexibility index (Phi) is 7.07. The van der Waals surface area contributed by atoms with E-state index >= 15 is 0 Å². The van der Waals surface area contributed by atoms with E-state index in [4.69, 9.17) is 16.3 Å². The normalized spacial score (nSPS) is 17.5. The monoisotopic (exact) mass is 456 g/mol. The molecule has 1 aliphatic rings. The summed E-state index contributed by atoms with van der Waals surface area (Å²) in [6.07, 6.45) is -5.34. The number of ether oxygens (including phenoxy) is 1. The second-order valence-corrected chi connectivity index (χ2v) is 7.48. The number of aliphatic hydroxyl groups excluding tert-OH is 1. The molecule has 31 heavy (non-hydrogen) atoms. The van der Waals surface area contributed by atoms with Crippen molar-refractivity contribution in [3.05, 3.63) is 59.1 Å². The van der Waals surface area contributed by atoms with Crippen molar-refractivity contribution >= 4 is 29.1 Å². The van der Waals surface area contributed by atoms with Gasteiger partial charge in [0.1, 0.15) is 24.4 Å². The summed E-state index contributed by atoms with van der Waals surface area (Å²) in [5, 5.41) is 13.0. The van der Waals surface area contributed by atoms with Gasteiger partial charge in [-0.15, -0.1) is 0 Å². The van der Waals surface area contributed by atoms with E-state index in [9.17, 15) is 27.9 Å². The number of alkyl halides is 3. The van der Waals surface area contributed by atoms with E-state index < -0.39 is 29.7 Å². The van der Waals surface area contributed by atoms with Crippen LogP contribution in [0.1, 0.15) is 12.0 Å². The van der Waals surface area contributed by atoms with Gasteiger partial charge in [-0.2, -0.15) is 13.2 Å². The SMILES string of the molecule is O=C(NCC(O)COc1cccc(C(F)(F)F)c1)C1CCN(c2ccc(Cl)cc2)C1=O. The van der Waals surface area contributed by atoms with E-state index in [1.54, 1.807) is 24.3 Å². The van der Waals surface area contributed by atoms with Gasteiger partial charge < -0.3 is 20.1 Å². The minimum absolute atomic E-state index is 0.0511. The van der Waals surface area contributed by atoms with Gasteiger partial charge in [0.05, 0.1) is 5.56 Å². The van der Waals surface area contributed by atoms with Crippen LogP contribution >= 0.6 is 11.6 Å². The Morgan fingerprint density at radius 2 is 1.97 bits per heavy atom. The molecule has 2 aromatic carbocycles. The van der Waals surface area contributed by atoms with Crippen LogP contribution in [0.2, 0.25) is 5.02 Å². The highest BCUT2D eigenvalue weighted by Crippen LogP contribution is 2.31. The predicted molar refractivity (Wildman–Crippen MR) is 108 cm³/mol. The van der Waals surface area contributed by atoms with Crippen LogP contribution < -0.4 is 15.0 Å². The fraction of sp³-hybridized carbons (Fsp3) is 0.333. The fourth-order valence-electron chi connectivity index (χ4n) is 3.16. The molecule has 1 saturated heterocycles. The van der Waals surface area contributed by atoms with Gasteiger partial charge in [-0.3, -0.25) is 9.59 Å². The molecular formula is C21H20ClF3N2O4. The molecule has 1 fully saturated rings. The Hall–Kier alpha value is -2.78. The summed E-state index contributed by atoms with van der Waals surface area (Å²) in [6.45, 7) is -0.153. The molecule has 2 atom stereocenters. The summed E-state index contributed by atoms with van der Waals surface area (Å²) in [5.41, 5.74) is -0.225. The largest absolute Gasteiger partial charge is 0.491 e. The molecule has 166 valence electrons. The first-order chi connectivity index (χ1) is 14.6. The molecule has 6 nitrogen and oxygen atoms in total. The third-order valence-corrected chi connectivity index (χ3v) is 5.03. The van der Waals surface area contributed by atoms with Crippen molar-refractivity contribution in [1.29, 1.82) is 0 Å². The molecule has 0 spiro atoms. The molecule has 2 unspecified atom stereocenters. The smallest absolute Gasteiger partial charge is 0.416 e. The number of nitrogens with one attached hydrogen (secondary N) is 1. The zero-order valence-corrected chi connectivity index (χ0v) is 17.0. The Bertz CT molecular complexity index is 937. The van der Waals surface area contributed by atoms with Crippen LogP contribution in [0.5, 0.6) is 5.75 Å². The summed E-state index contributed by atoms with van der Waals surface area (Å²) in [4.78, 5) is 26.4. The Morgan fingerprint density at radius 3 is 2.65 bits per heavy atom.